The van der Waals surface area contributed by atoms with Crippen LogP contribution in [0.4, 0.5) is 5.69 Å². The number of likely N-dealkylation sites (tertiary alicyclic amines) is 1. The van der Waals surface area contributed by atoms with Gasteiger partial charge in [-0.3, -0.25) is 15.0 Å². The van der Waals surface area contributed by atoms with Gasteiger partial charge in [0.2, 0.25) is 0 Å². The average Bonchev–Trinajstić information content (AvgIpc) is 3.02. The fraction of sp³-hybridized carbons (Fsp3) is 0.294. The SMILES string of the molecule is O=C(O)c1ccc([N+](=O)[O-])c(OC2CCN(Cc3ccccc3)C2)n1. The number of nitrogens with zero attached hydrogens (tertiary/aromatic N) is 3. The van der Waals surface area contributed by atoms with Crippen molar-refractivity contribution in [3.05, 3.63) is 63.8 Å². The first-order valence-electron chi connectivity index (χ1n) is 7.84. The number of benzene rings is 1. The average molecular weight is 343 g/mol. The van der Waals surface area contributed by atoms with Crippen LogP contribution in [0.15, 0.2) is 42.5 Å². The Kier molecular flexibility index (Phi) is 4.90. The fourth-order valence-electron chi connectivity index (χ4n) is 2.81. The van der Waals surface area contributed by atoms with Crippen LogP contribution in [0, 0.1) is 10.1 Å². The van der Waals surface area contributed by atoms with E-state index in [4.69, 9.17) is 9.84 Å². The first-order chi connectivity index (χ1) is 12.0. The molecule has 130 valence electrons. The molecule has 1 saturated heterocycles. The minimum Gasteiger partial charge on any atom is -0.477 e. The minimum absolute atomic E-state index is 0.239. The monoisotopic (exact) mass is 343 g/mol. The number of carbonyl (C=O) groups is 1. The summed E-state index contributed by atoms with van der Waals surface area (Å²) in [5, 5.41) is 20.1. The molecule has 1 N–H and O–H groups in total. The molecule has 1 atom stereocenters. The maximum Gasteiger partial charge on any atom is 0.354 e. The van der Waals surface area contributed by atoms with Gasteiger partial charge in [0.05, 0.1) is 4.92 Å². The first-order valence-corrected chi connectivity index (χ1v) is 7.84. The number of pyridine rings is 1. The smallest absolute Gasteiger partial charge is 0.354 e. The molecule has 1 unspecified atom stereocenters. The van der Waals surface area contributed by atoms with Crippen molar-refractivity contribution in [2.24, 2.45) is 0 Å². The van der Waals surface area contributed by atoms with E-state index in [1.165, 1.54) is 5.56 Å². The second-order valence-corrected chi connectivity index (χ2v) is 5.83. The highest BCUT2D eigenvalue weighted by Crippen LogP contribution is 2.27. The third kappa shape index (κ3) is 4.10. The van der Waals surface area contributed by atoms with Crippen LogP contribution in [0.5, 0.6) is 5.88 Å². The summed E-state index contributed by atoms with van der Waals surface area (Å²) in [5.41, 5.74) is 0.575. The van der Waals surface area contributed by atoms with E-state index in [2.05, 4.69) is 9.88 Å². The fourth-order valence-corrected chi connectivity index (χ4v) is 2.81. The highest BCUT2D eigenvalue weighted by atomic mass is 16.6. The Morgan fingerprint density at radius 3 is 2.76 bits per heavy atom. The molecule has 0 amide bonds. The molecule has 0 aliphatic carbocycles. The summed E-state index contributed by atoms with van der Waals surface area (Å²) < 4.78 is 5.67. The van der Waals surface area contributed by atoms with Crippen molar-refractivity contribution in [3.63, 3.8) is 0 Å². The van der Waals surface area contributed by atoms with Crippen LogP contribution in [-0.4, -0.2) is 45.1 Å². The number of rotatable bonds is 6. The maximum atomic E-state index is 11.1. The molecule has 8 nitrogen and oxygen atoms in total. The van der Waals surface area contributed by atoms with E-state index in [9.17, 15) is 14.9 Å². The van der Waals surface area contributed by atoms with Gasteiger partial charge in [0.1, 0.15) is 6.10 Å². The molecule has 1 fully saturated rings. The van der Waals surface area contributed by atoms with E-state index in [-0.39, 0.29) is 23.4 Å². The van der Waals surface area contributed by atoms with E-state index in [1.54, 1.807) is 0 Å². The number of carboxylic acids is 1. The zero-order chi connectivity index (χ0) is 17.8. The Morgan fingerprint density at radius 1 is 1.32 bits per heavy atom. The quantitative estimate of drug-likeness (QED) is 0.634. The van der Waals surface area contributed by atoms with E-state index in [1.807, 2.05) is 30.3 Å². The molecule has 25 heavy (non-hydrogen) atoms. The largest absolute Gasteiger partial charge is 0.477 e. The number of aromatic carboxylic acids is 1. The molecular formula is C17H17N3O5. The van der Waals surface area contributed by atoms with Gasteiger partial charge in [0.15, 0.2) is 5.69 Å². The van der Waals surface area contributed by atoms with Crippen LogP contribution >= 0.6 is 0 Å². The second kappa shape index (κ2) is 7.27. The highest BCUT2D eigenvalue weighted by Gasteiger charge is 2.28. The van der Waals surface area contributed by atoms with Crippen LogP contribution in [0.2, 0.25) is 0 Å². The van der Waals surface area contributed by atoms with Gasteiger partial charge >= 0.3 is 11.7 Å². The predicted octanol–water partition coefficient (Wildman–Crippen LogP) is 2.34. The van der Waals surface area contributed by atoms with Gasteiger partial charge in [0.25, 0.3) is 5.88 Å². The third-order valence-electron chi connectivity index (χ3n) is 4.01. The Labute approximate surface area is 143 Å². The molecular weight excluding hydrogens is 326 g/mol. The molecule has 2 heterocycles. The normalized spacial score (nSPS) is 17.4. The number of hydrogen-bond acceptors (Lipinski definition) is 6. The zero-order valence-corrected chi connectivity index (χ0v) is 13.4. The van der Waals surface area contributed by atoms with Crippen LogP contribution in [-0.2, 0) is 6.54 Å². The molecule has 0 bridgehead atoms. The lowest BCUT2D eigenvalue weighted by Crippen LogP contribution is -2.25. The Morgan fingerprint density at radius 2 is 2.08 bits per heavy atom. The Hall–Kier alpha value is -3.00. The molecule has 0 radical (unpaired) electrons. The number of carboxylic acid groups (broad SMARTS) is 1. The minimum atomic E-state index is -1.25. The van der Waals surface area contributed by atoms with Gasteiger partial charge in [-0.05, 0) is 18.1 Å². The molecule has 2 aromatic rings. The summed E-state index contributed by atoms with van der Waals surface area (Å²) >= 11 is 0. The second-order valence-electron chi connectivity index (χ2n) is 5.83. The number of nitro groups is 1. The lowest BCUT2D eigenvalue weighted by atomic mass is 10.2. The topological polar surface area (TPSA) is 106 Å². The lowest BCUT2D eigenvalue weighted by Gasteiger charge is -2.16. The molecule has 0 saturated carbocycles. The van der Waals surface area contributed by atoms with Crippen LogP contribution in [0.25, 0.3) is 0 Å². The standard InChI is InChI=1S/C17H17N3O5/c21-17(22)14-6-7-15(20(23)24)16(18-14)25-13-8-9-19(11-13)10-12-4-2-1-3-5-12/h1-7,13H,8-11H2,(H,21,22). The van der Waals surface area contributed by atoms with E-state index < -0.39 is 10.9 Å². The van der Waals surface area contributed by atoms with Gasteiger partial charge in [-0.25, -0.2) is 9.78 Å². The number of aromatic nitrogens is 1. The van der Waals surface area contributed by atoms with E-state index in [0.717, 1.165) is 25.2 Å². The maximum absolute atomic E-state index is 11.1. The summed E-state index contributed by atoms with van der Waals surface area (Å²) in [4.78, 5) is 27.5. The first kappa shape index (κ1) is 16.8. The van der Waals surface area contributed by atoms with E-state index >= 15 is 0 Å². The van der Waals surface area contributed by atoms with Crippen molar-refractivity contribution in [2.75, 3.05) is 13.1 Å². The molecule has 1 aliphatic heterocycles. The van der Waals surface area contributed by atoms with Crippen LogP contribution in [0.3, 0.4) is 0 Å². The van der Waals surface area contributed by atoms with Gasteiger partial charge in [-0.1, -0.05) is 30.3 Å². The molecule has 1 aliphatic rings. The van der Waals surface area contributed by atoms with Gasteiger partial charge < -0.3 is 9.84 Å². The summed E-state index contributed by atoms with van der Waals surface area (Å²) in [6, 6.07) is 12.2. The summed E-state index contributed by atoms with van der Waals surface area (Å²) in [7, 11) is 0. The summed E-state index contributed by atoms with van der Waals surface area (Å²) in [6.07, 6.45) is 0.433. The van der Waals surface area contributed by atoms with Crippen molar-refractivity contribution in [1.29, 1.82) is 0 Å². The third-order valence-corrected chi connectivity index (χ3v) is 4.01. The van der Waals surface area contributed by atoms with Crippen molar-refractivity contribution in [1.82, 2.24) is 9.88 Å². The van der Waals surface area contributed by atoms with Gasteiger partial charge in [-0.15, -0.1) is 0 Å². The Balaban J connectivity index is 1.69. The van der Waals surface area contributed by atoms with Gasteiger partial charge in [-0.2, -0.15) is 0 Å². The number of ether oxygens (including phenoxy) is 1. The lowest BCUT2D eigenvalue weighted by molar-refractivity contribution is -0.386. The van der Waals surface area contributed by atoms with Crippen molar-refractivity contribution in [2.45, 2.75) is 19.1 Å². The highest BCUT2D eigenvalue weighted by molar-refractivity contribution is 5.85. The Bertz CT molecular complexity index is 781. The van der Waals surface area contributed by atoms with Crippen LogP contribution < -0.4 is 4.74 Å². The molecule has 1 aromatic carbocycles. The van der Waals surface area contributed by atoms with Crippen molar-refractivity contribution in [3.8, 4) is 5.88 Å². The van der Waals surface area contributed by atoms with Crippen molar-refractivity contribution >= 4 is 11.7 Å². The van der Waals surface area contributed by atoms with Crippen LogP contribution in [0.1, 0.15) is 22.5 Å². The summed E-state index contributed by atoms with van der Waals surface area (Å²) in [6.45, 7) is 2.17. The molecule has 8 heteroatoms. The molecule has 3 rings (SSSR count). The number of hydrogen-bond donors (Lipinski definition) is 1. The molecule has 0 spiro atoms. The molecule has 1 aromatic heterocycles. The zero-order valence-electron chi connectivity index (χ0n) is 13.4. The summed E-state index contributed by atoms with van der Waals surface area (Å²) in [5.74, 6) is -1.49. The van der Waals surface area contributed by atoms with E-state index in [0.29, 0.717) is 13.0 Å². The van der Waals surface area contributed by atoms with Crippen molar-refractivity contribution < 1.29 is 19.6 Å². The van der Waals surface area contributed by atoms with Gasteiger partial charge in [0, 0.05) is 25.7 Å². The predicted molar refractivity (Wildman–Crippen MR) is 88.6 cm³/mol.